The van der Waals surface area contributed by atoms with Gasteiger partial charge in [-0.15, -0.1) is 0 Å². The zero-order valence-corrected chi connectivity index (χ0v) is 13.7. The molecule has 3 aromatic rings. The van der Waals surface area contributed by atoms with Crippen molar-refractivity contribution in [2.75, 3.05) is 0 Å². The Balaban J connectivity index is 1.86. The number of ketones is 2. The number of Topliss-reactive ketones (excluding diaryl/α,β-unsaturated/α-hetero) is 2. The van der Waals surface area contributed by atoms with Crippen LogP contribution in [0.5, 0.6) is 0 Å². The van der Waals surface area contributed by atoms with E-state index in [1.165, 1.54) is 24.3 Å². The van der Waals surface area contributed by atoms with Crippen molar-refractivity contribution in [3.63, 3.8) is 0 Å². The Morgan fingerprint density at radius 3 is 1.85 bits per heavy atom. The van der Waals surface area contributed by atoms with E-state index in [0.717, 1.165) is 0 Å². The minimum Gasteiger partial charge on any atom is -0.293 e. The largest absolute Gasteiger partial charge is 0.293 e. The highest BCUT2D eigenvalue weighted by molar-refractivity contribution is 6.39. The molecule has 0 aliphatic heterocycles. The summed E-state index contributed by atoms with van der Waals surface area (Å²) in [5.41, 5.74) is 2.40. The number of fused-ring (bicyclic) bond motifs is 1. The fourth-order valence-corrected chi connectivity index (χ4v) is 3.15. The molecule has 4 heteroatoms. The van der Waals surface area contributed by atoms with Gasteiger partial charge in [0.05, 0.1) is 11.4 Å². The number of hydrogen-bond donors (Lipinski definition) is 0. The molecule has 26 heavy (non-hydrogen) atoms. The fraction of sp³-hybridized carbons (Fsp3) is 0.0455. The first-order valence-corrected chi connectivity index (χ1v) is 8.22. The van der Waals surface area contributed by atoms with Gasteiger partial charge in [-0.2, -0.15) is 0 Å². The summed E-state index contributed by atoms with van der Waals surface area (Å²) in [6.07, 6.45) is 0. The van der Waals surface area contributed by atoms with Crippen LogP contribution in [0.2, 0.25) is 0 Å². The molecule has 0 bridgehead atoms. The summed E-state index contributed by atoms with van der Waals surface area (Å²) in [5, 5.41) is 0. The second kappa shape index (κ2) is 6.48. The van der Waals surface area contributed by atoms with Crippen molar-refractivity contribution >= 4 is 23.0 Å². The molecule has 0 atom stereocenters. The molecule has 1 aliphatic rings. The van der Waals surface area contributed by atoms with E-state index in [1.54, 1.807) is 24.3 Å². The number of nitrogens with zero attached hydrogens (tertiary/aromatic N) is 1. The Kier molecular flexibility index (Phi) is 4.01. The maximum atomic E-state index is 13.2. The van der Waals surface area contributed by atoms with Crippen LogP contribution in [0, 0.1) is 11.7 Å². The molecule has 0 saturated carbocycles. The van der Waals surface area contributed by atoms with Gasteiger partial charge in [0.2, 0.25) is 0 Å². The second-order valence-electron chi connectivity index (χ2n) is 6.05. The molecule has 0 N–H and O–H groups in total. The Labute approximate surface area is 149 Å². The normalized spacial score (nSPS) is 14.6. The number of halogens is 1. The second-order valence-corrected chi connectivity index (χ2v) is 6.05. The van der Waals surface area contributed by atoms with Gasteiger partial charge in [-0.1, -0.05) is 54.6 Å². The van der Waals surface area contributed by atoms with Crippen LogP contribution in [-0.4, -0.2) is 17.3 Å². The highest BCUT2D eigenvalue weighted by Gasteiger charge is 2.41. The molecular formula is C22H14FNO2. The number of carbonyl (C=O) groups is 2. The summed E-state index contributed by atoms with van der Waals surface area (Å²) < 4.78 is 13.2. The van der Waals surface area contributed by atoms with E-state index in [1.807, 2.05) is 30.3 Å². The standard InChI is InChI=1S/C22H14FNO2/c23-15-10-12-16(13-11-15)24-20(14-6-2-1-3-7-14)19-21(25)17-8-4-5-9-18(17)22(19)26/h1-13,19H. The Morgan fingerprint density at radius 2 is 1.27 bits per heavy atom. The van der Waals surface area contributed by atoms with Gasteiger partial charge in [0, 0.05) is 11.1 Å². The highest BCUT2D eigenvalue weighted by Crippen LogP contribution is 2.31. The summed E-state index contributed by atoms with van der Waals surface area (Å²) in [5.74, 6) is -1.86. The molecule has 0 heterocycles. The molecule has 126 valence electrons. The zero-order valence-electron chi connectivity index (χ0n) is 13.7. The molecule has 0 spiro atoms. The lowest BCUT2D eigenvalue weighted by atomic mass is 9.92. The van der Waals surface area contributed by atoms with Crippen LogP contribution < -0.4 is 0 Å². The molecule has 0 aromatic heterocycles. The molecule has 4 rings (SSSR count). The van der Waals surface area contributed by atoms with Gasteiger partial charge in [0.1, 0.15) is 11.7 Å². The lowest BCUT2D eigenvalue weighted by molar-refractivity contribution is 0.0884. The smallest absolute Gasteiger partial charge is 0.180 e. The average Bonchev–Trinajstić information content (AvgIpc) is 2.93. The summed E-state index contributed by atoms with van der Waals surface area (Å²) >= 11 is 0. The van der Waals surface area contributed by atoms with Crippen molar-refractivity contribution in [3.8, 4) is 0 Å². The summed E-state index contributed by atoms with van der Waals surface area (Å²) in [6.45, 7) is 0. The third-order valence-corrected chi connectivity index (χ3v) is 4.40. The van der Waals surface area contributed by atoms with E-state index < -0.39 is 5.92 Å². The summed E-state index contributed by atoms with van der Waals surface area (Å²) in [6, 6.07) is 21.6. The maximum Gasteiger partial charge on any atom is 0.180 e. The van der Waals surface area contributed by atoms with Crippen molar-refractivity contribution in [1.82, 2.24) is 0 Å². The summed E-state index contributed by atoms with van der Waals surface area (Å²) in [7, 11) is 0. The lowest BCUT2D eigenvalue weighted by Crippen LogP contribution is -2.26. The third kappa shape index (κ3) is 2.75. The number of benzene rings is 3. The van der Waals surface area contributed by atoms with Crippen LogP contribution in [0.15, 0.2) is 83.9 Å². The van der Waals surface area contributed by atoms with Crippen molar-refractivity contribution in [2.24, 2.45) is 10.9 Å². The first-order valence-electron chi connectivity index (χ1n) is 8.22. The minimum absolute atomic E-state index is 0.254. The van der Waals surface area contributed by atoms with Gasteiger partial charge in [-0.3, -0.25) is 14.6 Å². The molecule has 0 radical (unpaired) electrons. The van der Waals surface area contributed by atoms with Gasteiger partial charge < -0.3 is 0 Å². The van der Waals surface area contributed by atoms with Crippen molar-refractivity contribution in [1.29, 1.82) is 0 Å². The molecular weight excluding hydrogens is 329 g/mol. The van der Waals surface area contributed by atoms with Crippen LogP contribution in [0.1, 0.15) is 26.3 Å². The zero-order chi connectivity index (χ0) is 18.1. The first-order chi connectivity index (χ1) is 12.6. The van der Waals surface area contributed by atoms with E-state index in [2.05, 4.69) is 4.99 Å². The third-order valence-electron chi connectivity index (χ3n) is 4.40. The topological polar surface area (TPSA) is 46.5 Å². The molecule has 0 unspecified atom stereocenters. The first kappa shape index (κ1) is 16.1. The summed E-state index contributed by atoms with van der Waals surface area (Å²) in [4.78, 5) is 30.4. The van der Waals surface area contributed by atoms with E-state index in [-0.39, 0.29) is 17.4 Å². The minimum atomic E-state index is -0.986. The Hall–Kier alpha value is -3.40. The van der Waals surface area contributed by atoms with Crippen LogP contribution in [0.3, 0.4) is 0 Å². The van der Waals surface area contributed by atoms with Crippen LogP contribution in [0.25, 0.3) is 0 Å². The van der Waals surface area contributed by atoms with E-state index in [9.17, 15) is 14.0 Å². The van der Waals surface area contributed by atoms with Gasteiger partial charge in [-0.25, -0.2) is 4.39 Å². The van der Waals surface area contributed by atoms with Gasteiger partial charge in [0.15, 0.2) is 11.6 Å². The monoisotopic (exact) mass is 343 g/mol. The fourth-order valence-electron chi connectivity index (χ4n) is 3.15. The van der Waals surface area contributed by atoms with Crippen molar-refractivity contribution < 1.29 is 14.0 Å². The van der Waals surface area contributed by atoms with Gasteiger partial charge in [0.25, 0.3) is 0 Å². The Morgan fingerprint density at radius 1 is 0.731 bits per heavy atom. The van der Waals surface area contributed by atoms with E-state index in [0.29, 0.717) is 28.1 Å². The predicted octanol–water partition coefficient (Wildman–Crippen LogP) is 4.64. The van der Waals surface area contributed by atoms with Crippen LogP contribution in [-0.2, 0) is 0 Å². The molecule has 3 aromatic carbocycles. The molecule has 0 saturated heterocycles. The number of carbonyl (C=O) groups excluding carboxylic acids is 2. The quantitative estimate of drug-likeness (QED) is 0.514. The number of aliphatic imine (C=N–C) groups is 1. The molecule has 1 aliphatic carbocycles. The van der Waals surface area contributed by atoms with Crippen LogP contribution >= 0.6 is 0 Å². The van der Waals surface area contributed by atoms with Crippen molar-refractivity contribution in [2.45, 2.75) is 0 Å². The molecule has 0 fully saturated rings. The van der Waals surface area contributed by atoms with E-state index in [4.69, 9.17) is 0 Å². The highest BCUT2D eigenvalue weighted by atomic mass is 19.1. The number of hydrogen-bond acceptors (Lipinski definition) is 3. The SMILES string of the molecule is O=C1c2ccccc2C(=O)C1C(=Nc1ccc(F)cc1)c1ccccc1. The Bertz CT molecular complexity index is 989. The molecule has 0 amide bonds. The van der Waals surface area contributed by atoms with Gasteiger partial charge in [-0.05, 0) is 29.8 Å². The van der Waals surface area contributed by atoms with Crippen molar-refractivity contribution in [3.05, 3.63) is 101 Å². The molecule has 3 nitrogen and oxygen atoms in total. The maximum absolute atomic E-state index is 13.2. The predicted molar refractivity (Wildman–Crippen MR) is 97.6 cm³/mol. The average molecular weight is 343 g/mol. The number of rotatable bonds is 3. The van der Waals surface area contributed by atoms with Gasteiger partial charge >= 0.3 is 0 Å². The van der Waals surface area contributed by atoms with E-state index >= 15 is 0 Å². The van der Waals surface area contributed by atoms with Crippen LogP contribution in [0.4, 0.5) is 10.1 Å². The lowest BCUT2D eigenvalue weighted by Gasteiger charge is -2.12.